The van der Waals surface area contributed by atoms with Crippen molar-refractivity contribution in [3.05, 3.63) is 138 Å². The summed E-state index contributed by atoms with van der Waals surface area (Å²) in [4.78, 5) is 15.8. The van der Waals surface area contributed by atoms with E-state index in [1.807, 2.05) is 44.9 Å². The van der Waals surface area contributed by atoms with Gasteiger partial charge in [0.2, 0.25) is 0 Å². The summed E-state index contributed by atoms with van der Waals surface area (Å²) >= 11 is 1.39. The van der Waals surface area contributed by atoms with Crippen LogP contribution in [-0.2, 0) is 26.0 Å². The minimum Gasteiger partial charge on any atom is -0.395 e. The first kappa shape index (κ1) is 51.3. The largest absolute Gasteiger partial charge is 0.501 e. The average Bonchev–Trinajstić information content (AvgIpc) is 3.30. The van der Waals surface area contributed by atoms with Crippen LogP contribution in [0, 0.1) is 5.92 Å². The number of piperidine rings is 1. The molecule has 0 aliphatic carbocycles. The molecule has 2 atom stereocenters. The Morgan fingerprint density at radius 2 is 1.48 bits per heavy atom. The fraction of sp³-hybridized carbons (Fsp3) is 0.340. The van der Waals surface area contributed by atoms with E-state index in [1.165, 1.54) is 36.0 Å². The molecule has 4 N–H and O–H groups in total. The number of alkyl halides is 6. The highest BCUT2D eigenvalue weighted by molar-refractivity contribution is 7.99. The molecule has 1 heterocycles. The highest BCUT2D eigenvalue weighted by atomic mass is 32.2. The number of amides is 1. The fourth-order valence-electron chi connectivity index (χ4n) is 7.80. The van der Waals surface area contributed by atoms with Crippen LogP contribution in [0.5, 0.6) is 0 Å². The average molecular weight is 993 g/mol. The Labute approximate surface area is 390 Å². The van der Waals surface area contributed by atoms with Crippen molar-refractivity contribution in [2.24, 2.45) is 5.92 Å². The van der Waals surface area contributed by atoms with Crippen LogP contribution in [0.2, 0.25) is 0 Å². The Kier molecular flexibility index (Phi) is 16.7. The number of sulfone groups is 1. The molecule has 1 aliphatic heterocycles. The van der Waals surface area contributed by atoms with Gasteiger partial charge in [0, 0.05) is 47.6 Å². The number of aliphatic hydroxyl groups is 2. The zero-order chi connectivity index (χ0) is 48.6. The number of carbonyl (C=O) groups is 1. The first-order chi connectivity index (χ1) is 31.7. The van der Waals surface area contributed by atoms with Crippen molar-refractivity contribution in [3.8, 4) is 11.1 Å². The molecule has 1 fully saturated rings. The lowest BCUT2D eigenvalue weighted by atomic mass is 9.84. The van der Waals surface area contributed by atoms with Crippen LogP contribution in [-0.4, -0.2) is 95.0 Å². The number of hydrogen-bond acceptors (Lipinski definition) is 11. The van der Waals surface area contributed by atoms with Crippen molar-refractivity contribution < 1.29 is 58.2 Å². The predicted molar refractivity (Wildman–Crippen MR) is 246 cm³/mol. The molecule has 1 aliphatic rings. The maximum Gasteiger partial charge on any atom is 0.501 e. The van der Waals surface area contributed by atoms with E-state index in [4.69, 9.17) is 0 Å². The summed E-state index contributed by atoms with van der Waals surface area (Å²) in [6, 6.07) is 28.5. The molecule has 6 rings (SSSR count). The van der Waals surface area contributed by atoms with Crippen LogP contribution in [0.1, 0.15) is 53.3 Å². The number of benzene rings is 5. The lowest BCUT2D eigenvalue weighted by Gasteiger charge is -2.36. The maximum absolute atomic E-state index is 14.1. The molecule has 0 radical (unpaired) electrons. The zero-order valence-electron chi connectivity index (χ0n) is 36.2. The van der Waals surface area contributed by atoms with Gasteiger partial charge in [0.15, 0.2) is 0 Å². The van der Waals surface area contributed by atoms with Gasteiger partial charge in [-0.3, -0.25) is 4.79 Å². The Hall–Kier alpha value is -5.12. The number of thioether (sulfide) groups is 1. The Morgan fingerprint density at radius 1 is 0.836 bits per heavy atom. The summed E-state index contributed by atoms with van der Waals surface area (Å²) in [6.07, 6.45) is -3.40. The van der Waals surface area contributed by atoms with Crippen molar-refractivity contribution in [1.29, 1.82) is 0 Å². The molecule has 5 aromatic rings. The van der Waals surface area contributed by atoms with Gasteiger partial charge < -0.3 is 25.3 Å². The standard InChI is InChI=1S/C47H50F6N4O7S3/c1-56(28-29-58)25-7-8-36(31-65-38-9-3-2-4-10-38)54-42-22-21-39(30-43(42)66(61,62)47(51,52)53)67(63,64)55-45(60)34-15-19-37(20-16-34)57-26-23-33(24-27-57)44(59)41-12-6-5-11-40(41)32-13-17-35(18-14-32)46(48,49)50/h2-6,9-22,30,33,36,44,54,58-59H,7-8,23-29,31H2,1H3,(H,55,60). The molecule has 67 heavy (non-hydrogen) atoms. The zero-order valence-corrected chi connectivity index (χ0v) is 38.6. The van der Waals surface area contributed by atoms with E-state index in [-0.39, 0.29) is 18.1 Å². The molecule has 0 aromatic heterocycles. The maximum atomic E-state index is 14.1. The number of rotatable bonds is 19. The molecule has 0 saturated carbocycles. The van der Waals surface area contributed by atoms with Gasteiger partial charge in [0.25, 0.3) is 25.8 Å². The molecule has 0 spiro atoms. The number of anilines is 2. The predicted octanol–water partition coefficient (Wildman–Crippen LogP) is 9.01. The second kappa shape index (κ2) is 21.9. The third-order valence-electron chi connectivity index (χ3n) is 11.5. The molecular weight excluding hydrogens is 943 g/mol. The first-order valence-electron chi connectivity index (χ1n) is 21.2. The van der Waals surface area contributed by atoms with Crippen molar-refractivity contribution in [1.82, 2.24) is 9.62 Å². The molecule has 1 amide bonds. The van der Waals surface area contributed by atoms with E-state index in [9.17, 15) is 58.2 Å². The second-order valence-electron chi connectivity index (χ2n) is 16.2. The SMILES string of the molecule is CN(CCO)CCCC(CSc1ccccc1)Nc1ccc(S(=O)(=O)NC(=O)c2ccc(N3CCC(C(O)c4ccccc4-c4ccc(C(F)(F)F)cc4)CC3)cc2)cc1S(=O)(=O)C(F)(F)F. The van der Waals surface area contributed by atoms with Crippen molar-refractivity contribution in [2.45, 2.75) is 64.2 Å². The third kappa shape index (κ3) is 13.1. The topological polar surface area (TPSA) is 156 Å². The summed E-state index contributed by atoms with van der Waals surface area (Å²) in [7, 11) is -9.24. The Balaban J connectivity index is 1.13. The smallest absolute Gasteiger partial charge is 0.395 e. The van der Waals surface area contributed by atoms with E-state index in [0.29, 0.717) is 86.1 Å². The summed E-state index contributed by atoms with van der Waals surface area (Å²) in [6.45, 7) is 1.84. The van der Waals surface area contributed by atoms with Gasteiger partial charge in [0.05, 0.1) is 28.9 Å². The molecular formula is C47H50F6N4O7S3. The van der Waals surface area contributed by atoms with Crippen molar-refractivity contribution >= 4 is 48.9 Å². The molecule has 0 bridgehead atoms. The number of sulfonamides is 1. The van der Waals surface area contributed by atoms with E-state index < -0.39 is 70.6 Å². The highest BCUT2D eigenvalue weighted by Crippen LogP contribution is 2.39. The molecule has 20 heteroatoms. The number of nitrogens with one attached hydrogen (secondary N) is 2. The second-order valence-corrected chi connectivity index (χ2v) is 20.8. The first-order valence-corrected chi connectivity index (χ1v) is 25.2. The van der Waals surface area contributed by atoms with Crippen molar-refractivity contribution in [3.63, 3.8) is 0 Å². The lowest BCUT2D eigenvalue weighted by molar-refractivity contribution is -0.137. The van der Waals surface area contributed by atoms with Gasteiger partial charge in [-0.05, 0) is 129 Å². The molecule has 2 unspecified atom stereocenters. The molecule has 5 aromatic carbocycles. The van der Waals surface area contributed by atoms with Gasteiger partial charge in [-0.1, -0.05) is 54.6 Å². The van der Waals surface area contributed by atoms with Gasteiger partial charge in [-0.15, -0.1) is 11.8 Å². The summed E-state index contributed by atoms with van der Waals surface area (Å²) in [5.41, 5.74) is -4.73. The van der Waals surface area contributed by atoms with E-state index >= 15 is 0 Å². The van der Waals surface area contributed by atoms with Crippen LogP contribution in [0.4, 0.5) is 37.7 Å². The molecule has 1 saturated heterocycles. The Bertz CT molecular complexity index is 2670. The monoisotopic (exact) mass is 992 g/mol. The van der Waals surface area contributed by atoms with Crippen molar-refractivity contribution in [2.75, 3.05) is 55.8 Å². The highest BCUT2D eigenvalue weighted by Gasteiger charge is 2.48. The molecule has 360 valence electrons. The number of nitrogens with zero attached hydrogens (tertiary/aromatic N) is 2. The Morgan fingerprint density at radius 3 is 2.10 bits per heavy atom. The molecule has 11 nitrogen and oxygen atoms in total. The van der Waals surface area contributed by atoms with Gasteiger partial charge in [-0.2, -0.15) is 26.3 Å². The fourth-order valence-corrected chi connectivity index (χ4v) is 10.8. The van der Waals surface area contributed by atoms with Crippen LogP contribution in [0.25, 0.3) is 11.1 Å². The van der Waals surface area contributed by atoms with Crippen LogP contribution in [0.3, 0.4) is 0 Å². The quantitative estimate of drug-likeness (QED) is 0.0463. The van der Waals surface area contributed by atoms with E-state index in [1.54, 1.807) is 43.4 Å². The van der Waals surface area contributed by atoms with Gasteiger partial charge in [0.1, 0.15) is 4.90 Å². The minimum absolute atomic E-state index is 0.0718. The van der Waals surface area contributed by atoms with Crippen LogP contribution in [0.15, 0.2) is 136 Å². The van der Waals surface area contributed by atoms with E-state index in [0.717, 1.165) is 29.2 Å². The summed E-state index contributed by atoms with van der Waals surface area (Å²) < 4.78 is 137. The minimum atomic E-state index is -6.11. The summed E-state index contributed by atoms with van der Waals surface area (Å²) in [5, 5.41) is 23.6. The van der Waals surface area contributed by atoms with E-state index in [2.05, 4.69) is 5.32 Å². The van der Waals surface area contributed by atoms with Gasteiger partial charge >= 0.3 is 11.7 Å². The third-order valence-corrected chi connectivity index (χ3v) is 15.5. The van der Waals surface area contributed by atoms with Gasteiger partial charge in [-0.25, -0.2) is 21.6 Å². The number of aliphatic hydroxyl groups excluding tert-OH is 2. The van der Waals surface area contributed by atoms with Crippen LogP contribution >= 0.6 is 11.8 Å². The van der Waals surface area contributed by atoms with Crippen LogP contribution < -0.4 is 14.9 Å². The lowest BCUT2D eigenvalue weighted by Crippen LogP contribution is -2.36. The number of likely N-dealkylation sites (N-methyl/N-ethyl adjacent to an activating group) is 1. The number of halogens is 6. The summed E-state index contributed by atoms with van der Waals surface area (Å²) in [5.74, 6) is -0.998. The number of carbonyl (C=O) groups excluding carboxylic acids is 1. The number of hydrogen-bond donors (Lipinski definition) is 4. The normalized spacial score (nSPS) is 15.0.